The fourth-order valence-electron chi connectivity index (χ4n) is 2.16. The second kappa shape index (κ2) is 7.20. The van der Waals surface area contributed by atoms with Crippen molar-refractivity contribution in [3.05, 3.63) is 61.1 Å². The Morgan fingerprint density at radius 3 is 2.71 bits per heavy atom. The van der Waals surface area contributed by atoms with E-state index in [0.29, 0.717) is 23.8 Å². The summed E-state index contributed by atoms with van der Waals surface area (Å²) in [6.45, 7) is 1.31. The van der Waals surface area contributed by atoms with Crippen LogP contribution in [0.3, 0.4) is 0 Å². The van der Waals surface area contributed by atoms with Crippen LogP contribution in [0.5, 0.6) is 0 Å². The van der Waals surface area contributed by atoms with Crippen LogP contribution in [0.15, 0.2) is 44.7 Å². The topological polar surface area (TPSA) is 85.3 Å². The largest absolute Gasteiger partial charge is 0.338 e. The first-order chi connectivity index (χ1) is 11.5. The van der Waals surface area contributed by atoms with E-state index in [1.807, 2.05) is 12.4 Å². The molecule has 0 aliphatic heterocycles. The minimum Gasteiger partial charge on any atom is -0.338 e. The number of nitro groups is 1. The van der Waals surface area contributed by atoms with E-state index in [1.165, 1.54) is 17.0 Å². The lowest BCUT2D eigenvalue weighted by molar-refractivity contribution is -0.384. The third-order valence-electron chi connectivity index (χ3n) is 3.26. The maximum absolute atomic E-state index is 10.7. The van der Waals surface area contributed by atoms with Crippen molar-refractivity contribution in [3.63, 3.8) is 0 Å². The molecule has 0 unspecified atom stereocenters. The van der Waals surface area contributed by atoms with Crippen molar-refractivity contribution in [1.29, 1.82) is 0 Å². The van der Waals surface area contributed by atoms with Crippen molar-refractivity contribution >= 4 is 33.0 Å². The zero-order valence-electron chi connectivity index (χ0n) is 12.7. The molecule has 0 saturated carbocycles. The van der Waals surface area contributed by atoms with Crippen LogP contribution >= 0.6 is 27.3 Å². The first-order valence-corrected chi connectivity index (χ1v) is 8.67. The Labute approximate surface area is 150 Å². The number of thiophene rings is 1. The zero-order chi connectivity index (χ0) is 17.1. The molecule has 0 fully saturated rings. The smallest absolute Gasteiger partial charge is 0.269 e. The highest BCUT2D eigenvalue weighted by molar-refractivity contribution is 9.10. The Morgan fingerprint density at radius 2 is 2.08 bits per heavy atom. The van der Waals surface area contributed by atoms with Crippen molar-refractivity contribution in [2.45, 2.75) is 13.1 Å². The van der Waals surface area contributed by atoms with Gasteiger partial charge >= 0.3 is 0 Å². The summed E-state index contributed by atoms with van der Waals surface area (Å²) in [5.41, 5.74) is 0.713. The van der Waals surface area contributed by atoms with Crippen molar-refractivity contribution in [1.82, 2.24) is 15.0 Å². The molecule has 0 bridgehead atoms. The van der Waals surface area contributed by atoms with E-state index < -0.39 is 4.92 Å². The predicted octanol–water partition coefficient (Wildman–Crippen LogP) is 4.10. The first-order valence-electron chi connectivity index (χ1n) is 7.00. The Kier molecular flexibility index (Phi) is 5.03. The minimum atomic E-state index is -0.441. The number of nitro benzene ring substituents is 1. The number of non-ortho nitro benzene ring substituents is 1. The van der Waals surface area contributed by atoms with Crippen LogP contribution in [-0.2, 0) is 13.1 Å². The third-order valence-corrected chi connectivity index (χ3v) is 4.94. The zero-order valence-corrected chi connectivity index (χ0v) is 15.1. The van der Waals surface area contributed by atoms with Crippen LogP contribution in [0.4, 0.5) is 5.69 Å². The van der Waals surface area contributed by atoms with Gasteiger partial charge in [0.15, 0.2) is 0 Å². The Hall–Kier alpha value is -2.10. The van der Waals surface area contributed by atoms with Crippen LogP contribution in [0.25, 0.3) is 11.4 Å². The number of hydrogen-bond acceptors (Lipinski definition) is 7. The fourth-order valence-corrected chi connectivity index (χ4v) is 3.69. The summed E-state index contributed by atoms with van der Waals surface area (Å²) < 4.78 is 6.35. The molecule has 1 aromatic carbocycles. The lowest BCUT2D eigenvalue weighted by Crippen LogP contribution is -2.16. The highest BCUT2D eigenvalue weighted by atomic mass is 79.9. The highest BCUT2D eigenvalue weighted by Crippen LogP contribution is 2.22. The van der Waals surface area contributed by atoms with Gasteiger partial charge < -0.3 is 4.52 Å². The van der Waals surface area contributed by atoms with Gasteiger partial charge in [-0.15, -0.1) is 11.3 Å². The molecule has 0 radical (unpaired) electrons. The van der Waals surface area contributed by atoms with Gasteiger partial charge in [0.2, 0.25) is 11.7 Å². The van der Waals surface area contributed by atoms with Gasteiger partial charge in [0.1, 0.15) is 0 Å². The van der Waals surface area contributed by atoms with Crippen LogP contribution in [0, 0.1) is 10.1 Å². The van der Waals surface area contributed by atoms with Gasteiger partial charge in [0.25, 0.3) is 5.69 Å². The maximum Gasteiger partial charge on any atom is 0.269 e. The lowest BCUT2D eigenvalue weighted by Gasteiger charge is -2.12. The molecule has 3 aromatic rings. The average Bonchev–Trinajstić information content (AvgIpc) is 3.16. The van der Waals surface area contributed by atoms with Crippen LogP contribution in [0.1, 0.15) is 10.8 Å². The summed E-state index contributed by atoms with van der Waals surface area (Å²) >= 11 is 5.12. The number of hydrogen-bond donors (Lipinski definition) is 0. The molecule has 0 aliphatic carbocycles. The average molecular weight is 409 g/mol. The van der Waals surface area contributed by atoms with Crippen molar-refractivity contribution in [2.24, 2.45) is 0 Å². The molecular weight excluding hydrogens is 396 g/mol. The molecule has 124 valence electrons. The first kappa shape index (κ1) is 16.7. The monoisotopic (exact) mass is 408 g/mol. The standard InChI is InChI=1S/C15H13BrN4O3S/c1-19(7-13-6-11(16)9-24-13)8-14-17-15(18-23-14)10-2-4-12(5-3-10)20(21)22/h2-6,9H,7-8H2,1H3. The van der Waals surface area contributed by atoms with Gasteiger partial charge in [0.05, 0.1) is 11.5 Å². The summed E-state index contributed by atoms with van der Waals surface area (Å²) in [5.74, 6) is 0.925. The summed E-state index contributed by atoms with van der Waals surface area (Å²) in [4.78, 5) is 17.9. The van der Waals surface area contributed by atoms with E-state index in [9.17, 15) is 10.1 Å². The van der Waals surface area contributed by atoms with Crippen LogP contribution in [-0.4, -0.2) is 27.0 Å². The predicted molar refractivity (Wildman–Crippen MR) is 93.6 cm³/mol. The minimum absolute atomic E-state index is 0.0318. The van der Waals surface area contributed by atoms with Crippen molar-refractivity contribution in [2.75, 3.05) is 7.05 Å². The molecule has 24 heavy (non-hydrogen) atoms. The molecule has 2 aromatic heterocycles. The van der Waals surface area contributed by atoms with Crippen molar-refractivity contribution < 1.29 is 9.45 Å². The number of aromatic nitrogens is 2. The Morgan fingerprint density at radius 1 is 1.33 bits per heavy atom. The molecule has 3 rings (SSSR count). The van der Waals surface area contributed by atoms with E-state index in [-0.39, 0.29) is 5.69 Å². The van der Waals surface area contributed by atoms with E-state index >= 15 is 0 Å². The molecule has 0 spiro atoms. The summed E-state index contributed by atoms with van der Waals surface area (Å²) in [5, 5.41) is 16.7. The summed E-state index contributed by atoms with van der Waals surface area (Å²) in [6.07, 6.45) is 0. The van der Waals surface area contributed by atoms with E-state index in [0.717, 1.165) is 11.0 Å². The van der Waals surface area contributed by atoms with Gasteiger partial charge in [-0.2, -0.15) is 4.98 Å². The van der Waals surface area contributed by atoms with Crippen LogP contribution in [0.2, 0.25) is 0 Å². The quantitative estimate of drug-likeness (QED) is 0.450. The molecular formula is C15H13BrN4O3S. The van der Waals surface area contributed by atoms with Crippen LogP contribution < -0.4 is 0 Å². The SMILES string of the molecule is CN(Cc1nc(-c2ccc([N+](=O)[O-])cc2)no1)Cc1cc(Br)cs1. The molecule has 2 heterocycles. The maximum atomic E-state index is 10.7. The molecule has 0 N–H and O–H groups in total. The summed E-state index contributed by atoms with van der Waals surface area (Å²) in [6, 6.07) is 8.15. The Bertz CT molecular complexity index is 847. The third kappa shape index (κ3) is 4.05. The summed E-state index contributed by atoms with van der Waals surface area (Å²) in [7, 11) is 1.98. The highest BCUT2D eigenvalue weighted by Gasteiger charge is 2.13. The number of rotatable bonds is 6. The van der Waals surface area contributed by atoms with Gasteiger partial charge in [-0.25, -0.2) is 0 Å². The van der Waals surface area contributed by atoms with E-state index in [2.05, 4.69) is 37.0 Å². The number of halogens is 1. The number of benzene rings is 1. The van der Waals surface area contributed by atoms with E-state index in [1.54, 1.807) is 23.5 Å². The molecule has 0 saturated heterocycles. The number of nitrogens with zero attached hydrogens (tertiary/aromatic N) is 4. The Balaban J connectivity index is 1.65. The van der Waals surface area contributed by atoms with Gasteiger partial charge in [0, 0.05) is 39.0 Å². The molecule has 9 heteroatoms. The fraction of sp³-hybridized carbons (Fsp3) is 0.200. The van der Waals surface area contributed by atoms with Gasteiger partial charge in [-0.3, -0.25) is 15.0 Å². The lowest BCUT2D eigenvalue weighted by atomic mass is 10.2. The normalized spacial score (nSPS) is 11.1. The second-order valence-electron chi connectivity index (χ2n) is 5.22. The second-order valence-corrected chi connectivity index (χ2v) is 7.13. The van der Waals surface area contributed by atoms with Crippen molar-refractivity contribution in [3.8, 4) is 11.4 Å². The van der Waals surface area contributed by atoms with E-state index in [4.69, 9.17) is 4.52 Å². The van der Waals surface area contributed by atoms with Gasteiger partial charge in [-0.1, -0.05) is 5.16 Å². The molecule has 7 nitrogen and oxygen atoms in total. The van der Waals surface area contributed by atoms with Gasteiger partial charge in [-0.05, 0) is 41.2 Å². The molecule has 0 atom stereocenters. The molecule has 0 aliphatic rings. The molecule has 0 amide bonds.